The molecule has 3 heterocycles. The minimum atomic E-state index is -0.724. The van der Waals surface area contributed by atoms with Crippen LogP contribution >= 0.6 is 0 Å². The van der Waals surface area contributed by atoms with Gasteiger partial charge in [0.15, 0.2) is 5.69 Å². The molecule has 1 N–H and O–H groups in total. The molecule has 7 heteroatoms. The van der Waals surface area contributed by atoms with Gasteiger partial charge in [-0.1, -0.05) is 25.9 Å². The van der Waals surface area contributed by atoms with Crippen LogP contribution in [0.25, 0.3) is 0 Å². The summed E-state index contributed by atoms with van der Waals surface area (Å²) in [4.78, 5) is 28.2. The molecule has 2 aliphatic rings. The maximum absolute atomic E-state index is 12.7. The molecule has 0 radical (unpaired) electrons. The number of nitrogens with zero attached hydrogens (tertiary/aromatic N) is 3. The molecule has 0 bridgehead atoms. The van der Waals surface area contributed by atoms with Crippen LogP contribution in [0.5, 0.6) is 0 Å². The minimum absolute atomic E-state index is 0.0158. The molecule has 26 heavy (non-hydrogen) atoms. The molecular formula is C19H29N3O4. The van der Waals surface area contributed by atoms with Gasteiger partial charge < -0.3 is 14.5 Å². The highest BCUT2D eigenvalue weighted by atomic mass is 16.5. The van der Waals surface area contributed by atoms with E-state index < -0.39 is 5.97 Å². The molecule has 1 aromatic heterocycles. The maximum atomic E-state index is 12.7. The SMILES string of the molecule is CCCN1CC2(CCN(C(=O)c3cc(C(C)C)on3)CC2)CC1C(=O)O. The van der Waals surface area contributed by atoms with Gasteiger partial charge in [0, 0.05) is 31.6 Å². The number of carboxylic acids is 1. The Morgan fingerprint density at radius 3 is 2.62 bits per heavy atom. The number of likely N-dealkylation sites (tertiary alicyclic amines) is 2. The van der Waals surface area contributed by atoms with Crippen molar-refractivity contribution in [3.05, 3.63) is 17.5 Å². The zero-order valence-corrected chi connectivity index (χ0v) is 15.9. The van der Waals surface area contributed by atoms with Crippen LogP contribution in [0.1, 0.15) is 68.6 Å². The normalized spacial score (nSPS) is 23.1. The van der Waals surface area contributed by atoms with Crippen molar-refractivity contribution in [3.8, 4) is 0 Å². The van der Waals surface area contributed by atoms with E-state index in [4.69, 9.17) is 4.52 Å². The topological polar surface area (TPSA) is 86.9 Å². The van der Waals surface area contributed by atoms with E-state index in [1.54, 1.807) is 6.07 Å². The highest BCUT2D eigenvalue weighted by Crippen LogP contribution is 2.43. The third-order valence-corrected chi connectivity index (χ3v) is 5.83. The quantitative estimate of drug-likeness (QED) is 0.865. The van der Waals surface area contributed by atoms with Crippen LogP contribution in [-0.2, 0) is 4.79 Å². The largest absolute Gasteiger partial charge is 0.480 e. The molecule has 2 saturated heterocycles. The summed E-state index contributed by atoms with van der Waals surface area (Å²) >= 11 is 0. The number of piperidine rings is 1. The summed E-state index contributed by atoms with van der Waals surface area (Å²) in [7, 11) is 0. The fourth-order valence-electron chi connectivity index (χ4n) is 4.28. The number of aromatic nitrogens is 1. The molecule has 1 spiro atoms. The van der Waals surface area contributed by atoms with Gasteiger partial charge in [-0.2, -0.15) is 0 Å². The van der Waals surface area contributed by atoms with Gasteiger partial charge in [-0.3, -0.25) is 14.5 Å². The van der Waals surface area contributed by atoms with Gasteiger partial charge in [0.25, 0.3) is 5.91 Å². The predicted octanol–water partition coefficient (Wildman–Crippen LogP) is 2.59. The molecule has 1 atom stereocenters. The van der Waals surface area contributed by atoms with E-state index in [1.807, 2.05) is 18.7 Å². The Balaban J connectivity index is 1.63. The van der Waals surface area contributed by atoms with Crippen molar-refractivity contribution in [2.24, 2.45) is 5.41 Å². The van der Waals surface area contributed by atoms with Crippen molar-refractivity contribution in [1.29, 1.82) is 0 Å². The van der Waals surface area contributed by atoms with Crippen molar-refractivity contribution in [2.45, 2.75) is 58.4 Å². The van der Waals surface area contributed by atoms with Crippen LogP contribution in [-0.4, -0.2) is 64.2 Å². The summed E-state index contributed by atoms with van der Waals surface area (Å²) in [6.07, 6.45) is 3.33. The maximum Gasteiger partial charge on any atom is 0.320 e. The van der Waals surface area contributed by atoms with Gasteiger partial charge in [0.2, 0.25) is 0 Å². The van der Waals surface area contributed by atoms with Crippen LogP contribution in [0.2, 0.25) is 0 Å². The van der Waals surface area contributed by atoms with E-state index in [0.29, 0.717) is 25.2 Å². The number of aliphatic carboxylic acids is 1. The number of carboxylic acid groups (broad SMARTS) is 1. The molecular weight excluding hydrogens is 334 g/mol. The van der Waals surface area contributed by atoms with Crippen molar-refractivity contribution in [1.82, 2.24) is 15.0 Å². The number of carbonyl (C=O) groups excluding carboxylic acids is 1. The number of hydrogen-bond donors (Lipinski definition) is 1. The lowest BCUT2D eigenvalue weighted by atomic mass is 9.76. The Labute approximate surface area is 154 Å². The fraction of sp³-hybridized carbons (Fsp3) is 0.737. The van der Waals surface area contributed by atoms with E-state index in [2.05, 4.69) is 17.0 Å². The van der Waals surface area contributed by atoms with Crippen molar-refractivity contribution >= 4 is 11.9 Å². The molecule has 1 amide bonds. The summed E-state index contributed by atoms with van der Waals surface area (Å²) in [6.45, 7) is 9.01. The molecule has 2 fully saturated rings. The number of hydrogen-bond acceptors (Lipinski definition) is 5. The fourth-order valence-corrected chi connectivity index (χ4v) is 4.28. The average molecular weight is 363 g/mol. The molecule has 3 rings (SSSR count). The Hall–Kier alpha value is -1.89. The van der Waals surface area contributed by atoms with Crippen LogP contribution < -0.4 is 0 Å². The van der Waals surface area contributed by atoms with Crippen molar-refractivity contribution in [2.75, 3.05) is 26.2 Å². The lowest BCUT2D eigenvalue weighted by Crippen LogP contribution is -2.44. The van der Waals surface area contributed by atoms with E-state index in [1.165, 1.54) is 0 Å². The molecule has 1 aromatic rings. The summed E-state index contributed by atoms with van der Waals surface area (Å²) in [5.41, 5.74) is 0.383. The van der Waals surface area contributed by atoms with Gasteiger partial charge in [-0.25, -0.2) is 0 Å². The first-order valence-electron chi connectivity index (χ1n) is 9.58. The Bertz CT molecular complexity index is 661. The number of carbonyl (C=O) groups is 2. The minimum Gasteiger partial charge on any atom is -0.480 e. The molecule has 7 nitrogen and oxygen atoms in total. The highest BCUT2D eigenvalue weighted by molar-refractivity contribution is 5.92. The zero-order chi connectivity index (χ0) is 18.9. The van der Waals surface area contributed by atoms with Gasteiger partial charge in [0.1, 0.15) is 11.8 Å². The van der Waals surface area contributed by atoms with Crippen LogP contribution in [0.4, 0.5) is 0 Å². The molecule has 0 saturated carbocycles. The van der Waals surface area contributed by atoms with Crippen LogP contribution in [0.15, 0.2) is 10.6 Å². The van der Waals surface area contributed by atoms with E-state index in [9.17, 15) is 14.7 Å². The van der Waals surface area contributed by atoms with Crippen LogP contribution in [0, 0.1) is 5.41 Å². The van der Waals surface area contributed by atoms with E-state index >= 15 is 0 Å². The number of amides is 1. The lowest BCUT2D eigenvalue weighted by Gasteiger charge is -2.39. The third kappa shape index (κ3) is 3.63. The van der Waals surface area contributed by atoms with Crippen LogP contribution in [0.3, 0.4) is 0 Å². The van der Waals surface area contributed by atoms with Gasteiger partial charge in [-0.15, -0.1) is 0 Å². The first kappa shape index (κ1) is 18.9. The molecule has 2 aliphatic heterocycles. The highest BCUT2D eigenvalue weighted by Gasteiger charge is 2.48. The number of rotatable bonds is 5. The first-order valence-corrected chi connectivity index (χ1v) is 9.58. The first-order chi connectivity index (χ1) is 12.3. The van der Waals surface area contributed by atoms with Gasteiger partial charge in [-0.05, 0) is 37.6 Å². The van der Waals surface area contributed by atoms with Gasteiger partial charge in [0.05, 0.1) is 0 Å². The molecule has 0 aromatic carbocycles. The Kier molecular flexibility index (Phi) is 5.37. The third-order valence-electron chi connectivity index (χ3n) is 5.83. The lowest BCUT2D eigenvalue weighted by molar-refractivity contribution is -0.142. The summed E-state index contributed by atoms with van der Waals surface area (Å²) in [6, 6.07) is 1.34. The summed E-state index contributed by atoms with van der Waals surface area (Å²) in [5.74, 6) is 0.105. The standard InChI is InChI=1S/C19H29N3O4/c1-4-7-22-12-19(11-15(22)18(24)25)5-8-21(9-6-19)17(23)14-10-16(13(2)3)26-20-14/h10,13,15H,4-9,11-12H2,1-3H3,(H,24,25). The van der Waals surface area contributed by atoms with Gasteiger partial charge >= 0.3 is 5.97 Å². The predicted molar refractivity (Wildman–Crippen MR) is 96.1 cm³/mol. The Morgan fingerprint density at radius 2 is 2.08 bits per heavy atom. The second-order valence-electron chi connectivity index (χ2n) is 8.09. The molecule has 0 aliphatic carbocycles. The van der Waals surface area contributed by atoms with E-state index in [-0.39, 0.29) is 23.3 Å². The monoisotopic (exact) mass is 363 g/mol. The van der Waals surface area contributed by atoms with E-state index in [0.717, 1.165) is 38.1 Å². The second kappa shape index (κ2) is 7.39. The van der Waals surface area contributed by atoms with Crippen molar-refractivity contribution in [3.63, 3.8) is 0 Å². The summed E-state index contributed by atoms with van der Waals surface area (Å²) in [5, 5.41) is 13.5. The molecule has 144 valence electrons. The van der Waals surface area contributed by atoms with Crippen molar-refractivity contribution < 1.29 is 19.2 Å². The molecule has 1 unspecified atom stereocenters. The Morgan fingerprint density at radius 1 is 1.38 bits per heavy atom. The smallest absolute Gasteiger partial charge is 0.320 e. The average Bonchev–Trinajstić information content (AvgIpc) is 3.21. The summed E-state index contributed by atoms with van der Waals surface area (Å²) < 4.78 is 5.24. The second-order valence-corrected chi connectivity index (χ2v) is 8.09. The zero-order valence-electron chi connectivity index (χ0n) is 15.9.